The van der Waals surface area contributed by atoms with Gasteiger partial charge in [-0.2, -0.15) is 18.0 Å². The number of hydrogen-bond acceptors (Lipinski definition) is 3. The molecule has 0 saturated carbocycles. The highest BCUT2D eigenvalue weighted by Crippen LogP contribution is 2.16. The van der Waals surface area contributed by atoms with E-state index in [0.717, 1.165) is 19.3 Å². The van der Waals surface area contributed by atoms with Crippen LogP contribution >= 0.6 is 0 Å². The maximum atomic E-state index is 12.1. The van der Waals surface area contributed by atoms with Crippen LogP contribution in [-0.4, -0.2) is 25.8 Å². The van der Waals surface area contributed by atoms with Gasteiger partial charge in [-0.1, -0.05) is 6.42 Å². The fourth-order valence-corrected chi connectivity index (χ4v) is 3.23. The molecule has 0 radical (unpaired) electrons. The molecule has 0 aromatic heterocycles. The minimum Gasteiger partial charge on any atom is -0.271 e. The van der Waals surface area contributed by atoms with Crippen LogP contribution in [0.2, 0.25) is 0 Å². The lowest BCUT2D eigenvalue weighted by Gasteiger charge is -2.26. The topological polar surface area (TPSA) is 73.2 Å². The average Bonchev–Trinajstić information content (AvgIpc) is 2.40. The lowest BCUT2D eigenvalue weighted by Crippen LogP contribution is -2.39. The smallest absolute Gasteiger partial charge is 0.271 e. The van der Waals surface area contributed by atoms with E-state index in [1.54, 1.807) is 24.3 Å². The summed E-state index contributed by atoms with van der Waals surface area (Å²) in [4.78, 5) is 0. The van der Waals surface area contributed by atoms with E-state index >= 15 is 0 Å². The maximum absolute atomic E-state index is 12.1. The third-order valence-corrected chi connectivity index (χ3v) is 4.45. The first kappa shape index (κ1) is 12.9. The largest absolute Gasteiger partial charge is 0.301 e. The van der Waals surface area contributed by atoms with Crippen LogP contribution in [0, 0.1) is 11.3 Å². The van der Waals surface area contributed by atoms with Gasteiger partial charge in [-0.05, 0) is 37.1 Å². The van der Waals surface area contributed by atoms with E-state index in [1.807, 2.05) is 6.07 Å². The number of benzene rings is 1. The van der Waals surface area contributed by atoms with E-state index in [-0.39, 0.29) is 0 Å². The van der Waals surface area contributed by atoms with Crippen molar-refractivity contribution >= 4 is 15.9 Å². The van der Waals surface area contributed by atoms with Gasteiger partial charge in [-0.25, -0.2) is 0 Å². The highest BCUT2D eigenvalue weighted by atomic mass is 32.2. The fourth-order valence-electron chi connectivity index (χ4n) is 1.93. The summed E-state index contributed by atoms with van der Waals surface area (Å²) in [7, 11) is -3.46. The maximum Gasteiger partial charge on any atom is 0.301 e. The molecule has 96 valence electrons. The number of rotatable bonds is 3. The molecule has 1 aromatic rings. The van der Waals surface area contributed by atoms with E-state index in [1.165, 1.54) is 4.31 Å². The second-order valence-corrected chi connectivity index (χ2v) is 5.93. The van der Waals surface area contributed by atoms with Crippen molar-refractivity contribution < 1.29 is 8.42 Å². The molecule has 1 aliphatic heterocycles. The van der Waals surface area contributed by atoms with Crippen molar-refractivity contribution in [2.45, 2.75) is 19.3 Å². The Labute approximate surface area is 107 Å². The van der Waals surface area contributed by atoms with Gasteiger partial charge in [0.25, 0.3) is 0 Å². The number of nitrogens with one attached hydrogen (secondary N) is 1. The Morgan fingerprint density at radius 1 is 1.11 bits per heavy atom. The lowest BCUT2D eigenvalue weighted by atomic mass is 10.2. The molecule has 0 amide bonds. The van der Waals surface area contributed by atoms with Gasteiger partial charge in [0.2, 0.25) is 0 Å². The summed E-state index contributed by atoms with van der Waals surface area (Å²) in [5.41, 5.74) is 0.996. The molecular weight excluding hydrogens is 250 g/mol. The van der Waals surface area contributed by atoms with Gasteiger partial charge < -0.3 is 0 Å². The third-order valence-electron chi connectivity index (χ3n) is 2.92. The second-order valence-electron chi connectivity index (χ2n) is 4.26. The van der Waals surface area contributed by atoms with Crippen molar-refractivity contribution in [3.63, 3.8) is 0 Å². The monoisotopic (exact) mass is 265 g/mol. The van der Waals surface area contributed by atoms with Crippen molar-refractivity contribution in [3.8, 4) is 6.07 Å². The SMILES string of the molecule is N#Cc1ccc(NS(=O)(=O)N2CCCCC2)cc1. The van der Waals surface area contributed by atoms with Crippen LogP contribution in [0.25, 0.3) is 0 Å². The highest BCUT2D eigenvalue weighted by molar-refractivity contribution is 7.90. The third kappa shape index (κ3) is 3.00. The zero-order chi connectivity index (χ0) is 13.0. The van der Waals surface area contributed by atoms with Crippen molar-refractivity contribution in [3.05, 3.63) is 29.8 Å². The quantitative estimate of drug-likeness (QED) is 0.904. The standard InChI is InChI=1S/C12H15N3O2S/c13-10-11-4-6-12(7-5-11)14-18(16,17)15-8-2-1-3-9-15/h4-7,14H,1-3,8-9H2. The summed E-state index contributed by atoms with van der Waals surface area (Å²) in [6, 6.07) is 8.37. The Bertz CT molecular complexity index is 540. The van der Waals surface area contributed by atoms with Crippen molar-refractivity contribution in [2.24, 2.45) is 0 Å². The molecular formula is C12H15N3O2S. The molecule has 0 aliphatic carbocycles. The Balaban J connectivity index is 2.09. The van der Waals surface area contributed by atoms with Crippen molar-refractivity contribution in [2.75, 3.05) is 17.8 Å². The molecule has 1 aromatic carbocycles. The number of anilines is 1. The molecule has 2 rings (SSSR count). The van der Waals surface area contributed by atoms with Crippen LogP contribution in [-0.2, 0) is 10.2 Å². The summed E-state index contributed by atoms with van der Waals surface area (Å²) >= 11 is 0. The van der Waals surface area contributed by atoms with Crippen molar-refractivity contribution in [1.82, 2.24) is 4.31 Å². The predicted molar refractivity (Wildman–Crippen MR) is 69.1 cm³/mol. The van der Waals surface area contributed by atoms with E-state index in [2.05, 4.69) is 4.72 Å². The van der Waals surface area contributed by atoms with Gasteiger partial charge in [0.15, 0.2) is 0 Å². The highest BCUT2D eigenvalue weighted by Gasteiger charge is 2.23. The zero-order valence-electron chi connectivity index (χ0n) is 9.96. The molecule has 0 atom stereocenters. The van der Waals surface area contributed by atoms with Crippen LogP contribution in [0.4, 0.5) is 5.69 Å². The van der Waals surface area contributed by atoms with E-state index in [4.69, 9.17) is 5.26 Å². The number of nitrogens with zero attached hydrogens (tertiary/aromatic N) is 2. The number of piperidine rings is 1. The minimum atomic E-state index is -3.46. The molecule has 0 unspecified atom stereocenters. The number of hydrogen-bond donors (Lipinski definition) is 1. The molecule has 1 aliphatic rings. The Kier molecular flexibility index (Phi) is 3.84. The molecule has 18 heavy (non-hydrogen) atoms. The molecule has 1 saturated heterocycles. The Morgan fingerprint density at radius 2 is 1.72 bits per heavy atom. The Hall–Kier alpha value is -1.58. The first-order valence-corrected chi connectivity index (χ1v) is 7.34. The second kappa shape index (κ2) is 5.38. The van der Waals surface area contributed by atoms with Crippen molar-refractivity contribution in [1.29, 1.82) is 5.26 Å². The Morgan fingerprint density at radius 3 is 2.28 bits per heavy atom. The van der Waals surface area contributed by atoms with Crippen LogP contribution in [0.5, 0.6) is 0 Å². The summed E-state index contributed by atoms with van der Waals surface area (Å²) in [6.07, 6.45) is 2.91. The summed E-state index contributed by atoms with van der Waals surface area (Å²) < 4.78 is 28.1. The summed E-state index contributed by atoms with van der Waals surface area (Å²) in [6.45, 7) is 1.15. The van der Waals surface area contributed by atoms with Crippen LogP contribution in [0.1, 0.15) is 24.8 Å². The first-order chi connectivity index (χ1) is 8.62. The van der Waals surface area contributed by atoms with E-state index < -0.39 is 10.2 Å². The van der Waals surface area contributed by atoms with Gasteiger partial charge in [-0.3, -0.25) is 4.72 Å². The molecule has 0 spiro atoms. The molecule has 5 nitrogen and oxygen atoms in total. The van der Waals surface area contributed by atoms with Crippen LogP contribution in [0.15, 0.2) is 24.3 Å². The van der Waals surface area contributed by atoms with Crippen LogP contribution < -0.4 is 4.72 Å². The van der Waals surface area contributed by atoms with Crippen LogP contribution in [0.3, 0.4) is 0 Å². The van der Waals surface area contributed by atoms with Gasteiger partial charge in [0, 0.05) is 18.8 Å². The molecule has 6 heteroatoms. The summed E-state index contributed by atoms with van der Waals surface area (Å²) in [5.74, 6) is 0. The molecule has 1 fully saturated rings. The normalized spacial score (nSPS) is 17.1. The fraction of sp³-hybridized carbons (Fsp3) is 0.417. The molecule has 0 bridgehead atoms. The minimum absolute atomic E-state index is 0.486. The van der Waals surface area contributed by atoms with Gasteiger partial charge in [0.1, 0.15) is 0 Å². The van der Waals surface area contributed by atoms with Gasteiger partial charge in [0.05, 0.1) is 11.6 Å². The average molecular weight is 265 g/mol. The molecule has 1 heterocycles. The van der Waals surface area contributed by atoms with E-state index in [0.29, 0.717) is 24.3 Å². The van der Waals surface area contributed by atoms with Gasteiger partial charge in [-0.15, -0.1) is 0 Å². The predicted octanol–water partition coefficient (Wildman–Crippen LogP) is 1.70. The van der Waals surface area contributed by atoms with Gasteiger partial charge >= 0.3 is 10.2 Å². The molecule has 1 N–H and O–H groups in total. The number of nitriles is 1. The first-order valence-electron chi connectivity index (χ1n) is 5.90. The lowest BCUT2D eigenvalue weighted by molar-refractivity contribution is 0.349. The summed E-state index contributed by atoms with van der Waals surface area (Å²) in [5, 5.41) is 8.67. The zero-order valence-corrected chi connectivity index (χ0v) is 10.8. The van der Waals surface area contributed by atoms with E-state index in [9.17, 15) is 8.42 Å².